The maximum absolute atomic E-state index is 14.2. The normalized spacial score (nSPS) is 12.7. The lowest BCUT2D eigenvalue weighted by molar-refractivity contribution is -0.140. The van der Waals surface area contributed by atoms with Gasteiger partial charge in [-0.1, -0.05) is 72.6 Å². The average molecular weight is 621 g/mol. The van der Waals surface area contributed by atoms with Crippen molar-refractivity contribution in [3.8, 4) is 5.75 Å². The second-order valence-electron chi connectivity index (χ2n) is 9.76. The summed E-state index contributed by atoms with van der Waals surface area (Å²) in [5, 5.41) is 3.80. The highest BCUT2D eigenvalue weighted by Gasteiger charge is 2.34. The zero-order valence-corrected chi connectivity index (χ0v) is 25.8. The van der Waals surface area contributed by atoms with Crippen molar-refractivity contribution in [3.63, 3.8) is 0 Å². The molecular formula is C30H35Cl2N3O5S. The molecule has 2 amide bonds. The number of carbonyl (C=O) groups is 2. The zero-order chi connectivity index (χ0) is 30.2. The van der Waals surface area contributed by atoms with E-state index < -0.39 is 28.5 Å². The molecule has 0 unspecified atom stereocenters. The zero-order valence-electron chi connectivity index (χ0n) is 23.5. The third-order valence-electron chi connectivity index (χ3n) is 6.63. The lowest BCUT2D eigenvalue weighted by Crippen LogP contribution is -2.54. The van der Waals surface area contributed by atoms with Crippen LogP contribution in [0.1, 0.15) is 31.4 Å². The Hall–Kier alpha value is -3.27. The fraction of sp³-hybridized carbons (Fsp3) is 0.333. The van der Waals surface area contributed by atoms with Gasteiger partial charge in [-0.15, -0.1) is 0 Å². The van der Waals surface area contributed by atoms with Gasteiger partial charge in [-0.05, 0) is 54.8 Å². The van der Waals surface area contributed by atoms with Crippen molar-refractivity contribution in [2.75, 3.05) is 24.2 Å². The van der Waals surface area contributed by atoms with Crippen LogP contribution in [-0.4, -0.2) is 57.1 Å². The SMILES string of the molecule is CC[C@@H](C)NC(=O)[C@@H](Cc1ccccc1)N(Cc1ccc(Cl)cc1)C(=O)CN(c1cc(Cl)ccc1OC)S(C)(=O)=O. The molecular weight excluding hydrogens is 585 g/mol. The maximum atomic E-state index is 14.2. The van der Waals surface area contributed by atoms with Crippen molar-refractivity contribution in [1.29, 1.82) is 0 Å². The predicted molar refractivity (Wildman–Crippen MR) is 164 cm³/mol. The molecule has 0 radical (unpaired) electrons. The molecule has 3 rings (SSSR count). The summed E-state index contributed by atoms with van der Waals surface area (Å²) < 4.78 is 32.3. The number of ether oxygens (including phenoxy) is 1. The molecule has 0 spiro atoms. The molecule has 0 aliphatic heterocycles. The number of nitrogens with one attached hydrogen (secondary N) is 1. The Kier molecular flexibility index (Phi) is 11.5. The third kappa shape index (κ3) is 9.11. The van der Waals surface area contributed by atoms with Crippen LogP contribution >= 0.6 is 23.2 Å². The minimum Gasteiger partial charge on any atom is -0.495 e. The van der Waals surface area contributed by atoms with Crippen molar-refractivity contribution in [1.82, 2.24) is 10.2 Å². The van der Waals surface area contributed by atoms with E-state index in [9.17, 15) is 18.0 Å². The van der Waals surface area contributed by atoms with Gasteiger partial charge in [-0.2, -0.15) is 0 Å². The highest BCUT2D eigenvalue weighted by Crippen LogP contribution is 2.33. The largest absolute Gasteiger partial charge is 0.495 e. The molecule has 0 fully saturated rings. The Morgan fingerprint density at radius 2 is 1.59 bits per heavy atom. The van der Waals surface area contributed by atoms with Gasteiger partial charge >= 0.3 is 0 Å². The fourth-order valence-electron chi connectivity index (χ4n) is 4.23. The monoisotopic (exact) mass is 619 g/mol. The molecule has 0 aliphatic carbocycles. The van der Waals surface area contributed by atoms with E-state index >= 15 is 0 Å². The standard InChI is InChI=1S/C30H35Cl2N3O5S/c1-5-21(2)33-30(37)27(17-22-9-7-6-8-10-22)34(19-23-11-13-24(31)14-12-23)29(36)20-35(41(4,38)39)26-18-25(32)15-16-28(26)40-3/h6-16,18,21,27H,5,17,19-20H2,1-4H3,(H,33,37)/t21-,27-/m1/s1. The molecule has 41 heavy (non-hydrogen) atoms. The van der Waals surface area contributed by atoms with Crippen LogP contribution in [0.25, 0.3) is 0 Å². The Bertz CT molecular complexity index is 1440. The predicted octanol–water partition coefficient (Wildman–Crippen LogP) is 5.32. The van der Waals surface area contributed by atoms with Crippen LogP contribution in [0.5, 0.6) is 5.75 Å². The molecule has 220 valence electrons. The third-order valence-corrected chi connectivity index (χ3v) is 8.24. The lowest BCUT2D eigenvalue weighted by atomic mass is 10.0. The molecule has 3 aromatic carbocycles. The van der Waals surface area contributed by atoms with E-state index in [-0.39, 0.29) is 41.4 Å². The molecule has 0 heterocycles. The van der Waals surface area contributed by atoms with Gasteiger partial charge in [0.1, 0.15) is 18.3 Å². The van der Waals surface area contributed by atoms with Crippen molar-refractivity contribution < 1.29 is 22.7 Å². The first kappa shape index (κ1) is 32.2. The number of anilines is 1. The van der Waals surface area contributed by atoms with E-state index in [0.29, 0.717) is 11.4 Å². The molecule has 0 saturated carbocycles. The summed E-state index contributed by atoms with van der Waals surface area (Å²) in [6.07, 6.45) is 1.92. The molecule has 0 saturated heterocycles. The lowest BCUT2D eigenvalue weighted by Gasteiger charge is -2.34. The Morgan fingerprint density at radius 3 is 2.17 bits per heavy atom. The maximum Gasteiger partial charge on any atom is 0.244 e. The summed E-state index contributed by atoms with van der Waals surface area (Å²) in [5.74, 6) is -0.684. The number of amides is 2. The summed E-state index contributed by atoms with van der Waals surface area (Å²) in [6.45, 7) is 3.31. The smallest absolute Gasteiger partial charge is 0.244 e. The number of halogens is 2. The van der Waals surface area contributed by atoms with E-state index in [1.807, 2.05) is 44.2 Å². The first-order chi connectivity index (χ1) is 19.4. The fourth-order valence-corrected chi connectivity index (χ4v) is 5.37. The average Bonchev–Trinajstić information content (AvgIpc) is 2.94. The van der Waals surface area contributed by atoms with Crippen LogP contribution < -0.4 is 14.4 Å². The van der Waals surface area contributed by atoms with Crippen LogP contribution in [0, 0.1) is 0 Å². The number of nitrogens with zero attached hydrogens (tertiary/aromatic N) is 2. The van der Waals surface area contributed by atoms with Crippen LogP contribution in [0.15, 0.2) is 72.8 Å². The topological polar surface area (TPSA) is 96.0 Å². The summed E-state index contributed by atoms with van der Waals surface area (Å²) in [5.41, 5.74) is 1.69. The first-order valence-electron chi connectivity index (χ1n) is 13.1. The van der Waals surface area contributed by atoms with Crippen molar-refractivity contribution in [2.45, 2.75) is 45.3 Å². The van der Waals surface area contributed by atoms with Crippen molar-refractivity contribution in [2.24, 2.45) is 0 Å². The summed E-state index contributed by atoms with van der Waals surface area (Å²) >= 11 is 12.3. The highest BCUT2D eigenvalue weighted by atomic mass is 35.5. The second kappa shape index (κ2) is 14.6. The van der Waals surface area contributed by atoms with Crippen LogP contribution in [0.3, 0.4) is 0 Å². The number of rotatable bonds is 13. The van der Waals surface area contributed by atoms with Crippen LogP contribution in [0.4, 0.5) is 5.69 Å². The first-order valence-corrected chi connectivity index (χ1v) is 15.7. The van der Waals surface area contributed by atoms with Gasteiger partial charge in [0, 0.05) is 29.1 Å². The van der Waals surface area contributed by atoms with Gasteiger partial charge in [0.15, 0.2) is 0 Å². The minimum absolute atomic E-state index is 0.0473. The van der Waals surface area contributed by atoms with Gasteiger partial charge in [0.2, 0.25) is 21.8 Å². The molecule has 0 bridgehead atoms. The summed E-state index contributed by atoms with van der Waals surface area (Å²) in [7, 11) is -2.57. The molecule has 0 aliphatic rings. The van der Waals surface area contributed by atoms with Crippen LogP contribution in [-0.2, 0) is 32.6 Å². The molecule has 3 aromatic rings. The quantitative estimate of drug-likeness (QED) is 0.279. The minimum atomic E-state index is -3.97. The van der Waals surface area contributed by atoms with E-state index in [4.69, 9.17) is 27.9 Å². The van der Waals surface area contributed by atoms with Crippen molar-refractivity contribution in [3.05, 3.63) is 94.0 Å². The summed E-state index contributed by atoms with van der Waals surface area (Å²) in [4.78, 5) is 29.3. The van der Waals surface area contributed by atoms with E-state index in [1.54, 1.807) is 30.3 Å². The molecule has 0 aromatic heterocycles. The Balaban J connectivity index is 2.10. The summed E-state index contributed by atoms with van der Waals surface area (Å²) in [6, 6.07) is 19.8. The van der Waals surface area contributed by atoms with Crippen LogP contribution in [0.2, 0.25) is 10.0 Å². The molecule has 2 atom stereocenters. The number of benzene rings is 3. The van der Waals surface area contributed by atoms with Gasteiger partial charge < -0.3 is 15.0 Å². The number of methoxy groups -OCH3 is 1. The second-order valence-corrected chi connectivity index (χ2v) is 12.5. The molecule has 11 heteroatoms. The number of hydrogen-bond donors (Lipinski definition) is 1. The number of hydrogen-bond acceptors (Lipinski definition) is 5. The van der Waals surface area contributed by atoms with Crippen molar-refractivity contribution >= 4 is 50.7 Å². The Labute approximate surface area is 252 Å². The van der Waals surface area contributed by atoms with Gasteiger partial charge in [0.25, 0.3) is 0 Å². The van der Waals surface area contributed by atoms with E-state index in [2.05, 4.69) is 5.32 Å². The van der Waals surface area contributed by atoms with Gasteiger partial charge in [0.05, 0.1) is 19.1 Å². The van der Waals surface area contributed by atoms with E-state index in [1.165, 1.54) is 24.1 Å². The molecule has 1 N–H and O–H groups in total. The van der Waals surface area contributed by atoms with Gasteiger partial charge in [-0.3, -0.25) is 13.9 Å². The van der Waals surface area contributed by atoms with Gasteiger partial charge in [-0.25, -0.2) is 8.42 Å². The number of carbonyl (C=O) groups excluding carboxylic acids is 2. The Morgan fingerprint density at radius 1 is 0.951 bits per heavy atom. The van der Waals surface area contributed by atoms with E-state index in [0.717, 1.165) is 21.7 Å². The number of sulfonamides is 1. The highest BCUT2D eigenvalue weighted by molar-refractivity contribution is 7.92. The molecule has 8 nitrogen and oxygen atoms in total.